The van der Waals surface area contributed by atoms with Gasteiger partial charge >= 0.3 is 0 Å². The molecule has 0 heterocycles. The normalized spacial score (nSPS) is 16.9. The largest absolute Gasteiger partial charge is 0.176 e. The van der Waals surface area contributed by atoms with Crippen LogP contribution in [0.15, 0.2) is 24.3 Å². The summed E-state index contributed by atoms with van der Waals surface area (Å²) in [6, 6.07) is 0. The van der Waals surface area contributed by atoms with Crippen molar-refractivity contribution in [1.29, 1.82) is 0 Å². The van der Waals surface area contributed by atoms with Gasteiger partial charge in [0.15, 0.2) is 0 Å². The van der Waals surface area contributed by atoms with Crippen LogP contribution in [-0.2, 0) is 0 Å². The highest BCUT2D eigenvalue weighted by Gasteiger charge is 2.16. The molecule has 0 nitrogen and oxygen atoms in total. The van der Waals surface area contributed by atoms with Crippen LogP contribution >= 0.6 is 12.6 Å². The van der Waals surface area contributed by atoms with Gasteiger partial charge in [-0.15, -0.1) is 6.58 Å². The molecule has 0 aromatic rings. The molecule has 0 spiro atoms. The van der Waals surface area contributed by atoms with Crippen LogP contribution in [0.25, 0.3) is 0 Å². The van der Waals surface area contributed by atoms with Crippen LogP contribution in [0.5, 0.6) is 0 Å². The minimum atomic E-state index is 0.570. The molecule has 0 aliphatic heterocycles. The average Bonchev–Trinajstić information content (AvgIpc) is 2.52. The zero-order valence-corrected chi connectivity index (χ0v) is 18.1. The van der Waals surface area contributed by atoms with E-state index in [-0.39, 0.29) is 0 Å². The van der Waals surface area contributed by atoms with E-state index in [4.69, 9.17) is 12.6 Å². The summed E-state index contributed by atoms with van der Waals surface area (Å²) in [5.74, 6) is 2.40. The van der Waals surface area contributed by atoms with E-state index in [2.05, 4.69) is 53.3 Å². The maximum atomic E-state index is 4.90. The molecule has 0 aliphatic rings. The van der Waals surface area contributed by atoms with Gasteiger partial charge in [0.25, 0.3) is 0 Å². The zero-order valence-electron chi connectivity index (χ0n) is 17.2. The van der Waals surface area contributed by atoms with Gasteiger partial charge in [0.05, 0.1) is 0 Å². The van der Waals surface area contributed by atoms with Crippen LogP contribution in [0.4, 0.5) is 0 Å². The lowest BCUT2D eigenvalue weighted by atomic mass is 9.88. The predicted octanol–water partition coefficient (Wildman–Crippen LogP) is 8.25. The molecule has 1 heteroatoms. The Labute approximate surface area is 159 Å². The standard InChI is InChI=1S/C23H44S/c1-7-12-21(13-8-2)18-20(6)14-10-11-15-23(24)22(9-3)17-16-19(4)5/h7,12,20-24H,4,8-11,13-18H2,1-3,5-6H3. The molecule has 0 saturated carbocycles. The number of hydrogen-bond donors (Lipinski definition) is 1. The minimum absolute atomic E-state index is 0.570. The molecule has 24 heavy (non-hydrogen) atoms. The molecular formula is C23H44S. The average molecular weight is 353 g/mol. The molecule has 4 atom stereocenters. The van der Waals surface area contributed by atoms with Crippen molar-refractivity contribution < 1.29 is 0 Å². The van der Waals surface area contributed by atoms with E-state index < -0.39 is 0 Å². The van der Waals surface area contributed by atoms with Gasteiger partial charge in [-0.1, -0.05) is 70.6 Å². The topological polar surface area (TPSA) is 0 Å². The van der Waals surface area contributed by atoms with Crippen molar-refractivity contribution in [3.63, 3.8) is 0 Å². The third-order valence-electron chi connectivity index (χ3n) is 5.29. The second kappa shape index (κ2) is 15.1. The molecule has 0 amide bonds. The number of unbranched alkanes of at least 4 members (excludes halogenated alkanes) is 1. The third kappa shape index (κ3) is 12.2. The molecular weight excluding hydrogens is 308 g/mol. The van der Waals surface area contributed by atoms with Crippen LogP contribution in [0.3, 0.4) is 0 Å². The minimum Gasteiger partial charge on any atom is -0.176 e. The lowest BCUT2D eigenvalue weighted by Gasteiger charge is -2.22. The number of rotatable bonds is 15. The molecule has 0 aromatic carbocycles. The van der Waals surface area contributed by atoms with Gasteiger partial charge < -0.3 is 0 Å². The van der Waals surface area contributed by atoms with E-state index in [1.54, 1.807) is 0 Å². The van der Waals surface area contributed by atoms with Crippen LogP contribution in [-0.4, -0.2) is 5.25 Å². The summed E-state index contributed by atoms with van der Waals surface area (Å²) in [4.78, 5) is 0. The second-order valence-corrected chi connectivity index (χ2v) is 8.59. The summed E-state index contributed by atoms with van der Waals surface area (Å²) in [6.07, 6.45) is 17.7. The van der Waals surface area contributed by atoms with Gasteiger partial charge in [-0.25, -0.2) is 0 Å². The van der Waals surface area contributed by atoms with Gasteiger partial charge in [-0.3, -0.25) is 0 Å². The van der Waals surface area contributed by atoms with E-state index in [9.17, 15) is 0 Å². The summed E-state index contributed by atoms with van der Waals surface area (Å²) in [5.41, 5.74) is 1.31. The quantitative estimate of drug-likeness (QED) is 0.171. The van der Waals surface area contributed by atoms with Crippen molar-refractivity contribution >= 4 is 12.6 Å². The summed E-state index contributed by atoms with van der Waals surface area (Å²) in [6.45, 7) is 15.4. The van der Waals surface area contributed by atoms with Crippen molar-refractivity contribution in [2.24, 2.45) is 17.8 Å². The fourth-order valence-electron chi connectivity index (χ4n) is 3.75. The molecule has 0 rings (SSSR count). The molecule has 0 fully saturated rings. The Hall–Kier alpha value is -0.170. The second-order valence-electron chi connectivity index (χ2n) is 7.93. The van der Waals surface area contributed by atoms with Crippen molar-refractivity contribution in [1.82, 2.24) is 0 Å². The summed E-state index contributed by atoms with van der Waals surface area (Å²) < 4.78 is 0. The predicted molar refractivity (Wildman–Crippen MR) is 116 cm³/mol. The Bertz CT molecular complexity index is 331. The van der Waals surface area contributed by atoms with Crippen LogP contribution in [0.2, 0.25) is 0 Å². The van der Waals surface area contributed by atoms with Crippen molar-refractivity contribution in [3.05, 3.63) is 24.3 Å². The smallest absolute Gasteiger partial charge is 0.00450 e. The number of allylic oxidation sites excluding steroid dienone is 3. The first-order valence-electron chi connectivity index (χ1n) is 10.4. The summed E-state index contributed by atoms with van der Waals surface area (Å²) in [7, 11) is 0. The molecule has 0 radical (unpaired) electrons. The van der Waals surface area contributed by atoms with Gasteiger partial charge in [0.1, 0.15) is 0 Å². The molecule has 0 bridgehead atoms. The van der Waals surface area contributed by atoms with E-state index in [0.29, 0.717) is 5.25 Å². The zero-order chi connectivity index (χ0) is 18.4. The Morgan fingerprint density at radius 1 is 1.08 bits per heavy atom. The highest BCUT2D eigenvalue weighted by Crippen LogP contribution is 2.27. The monoisotopic (exact) mass is 352 g/mol. The molecule has 142 valence electrons. The Kier molecular flexibility index (Phi) is 15.0. The fraction of sp³-hybridized carbons (Fsp3) is 0.826. The molecule has 0 N–H and O–H groups in total. The van der Waals surface area contributed by atoms with E-state index in [1.165, 1.54) is 63.4 Å². The lowest BCUT2D eigenvalue weighted by Crippen LogP contribution is -2.14. The van der Waals surface area contributed by atoms with Gasteiger partial charge in [0, 0.05) is 5.25 Å². The Morgan fingerprint density at radius 2 is 1.75 bits per heavy atom. The fourth-order valence-corrected chi connectivity index (χ4v) is 4.30. The SMILES string of the molecule is C=C(C)CCC(CC)C(S)CCCCC(C)CC(C=CC)CCC. The first kappa shape index (κ1) is 23.8. The first-order valence-corrected chi connectivity index (χ1v) is 10.9. The third-order valence-corrected chi connectivity index (χ3v) is 5.97. The first-order chi connectivity index (χ1) is 11.4. The van der Waals surface area contributed by atoms with Crippen molar-refractivity contribution in [2.75, 3.05) is 0 Å². The Morgan fingerprint density at radius 3 is 2.29 bits per heavy atom. The van der Waals surface area contributed by atoms with Gasteiger partial charge in [-0.05, 0) is 63.7 Å². The lowest BCUT2D eigenvalue weighted by molar-refractivity contribution is 0.379. The summed E-state index contributed by atoms with van der Waals surface area (Å²) >= 11 is 4.90. The highest BCUT2D eigenvalue weighted by molar-refractivity contribution is 7.81. The van der Waals surface area contributed by atoms with E-state index >= 15 is 0 Å². The van der Waals surface area contributed by atoms with Crippen LogP contribution in [0.1, 0.15) is 98.8 Å². The number of thiol groups is 1. The van der Waals surface area contributed by atoms with Crippen LogP contribution < -0.4 is 0 Å². The van der Waals surface area contributed by atoms with Crippen molar-refractivity contribution in [3.8, 4) is 0 Å². The van der Waals surface area contributed by atoms with Gasteiger partial charge in [0.2, 0.25) is 0 Å². The molecule has 0 saturated heterocycles. The summed E-state index contributed by atoms with van der Waals surface area (Å²) in [5, 5.41) is 0.570. The Balaban J connectivity index is 3.98. The molecule has 0 aromatic heterocycles. The van der Waals surface area contributed by atoms with E-state index in [0.717, 1.165) is 24.2 Å². The molecule has 4 unspecified atom stereocenters. The molecule has 0 aliphatic carbocycles. The van der Waals surface area contributed by atoms with Gasteiger partial charge in [-0.2, -0.15) is 12.6 Å². The van der Waals surface area contributed by atoms with Crippen molar-refractivity contribution in [2.45, 2.75) is 104 Å². The van der Waals surface area contributed by atoms with E-state index in [1.807, 2.05) is 0 Å². The highest BCUT2D eigenvalue weighted by atomic mass is 32.1. The maximum Gasteiger partial charge on any atom is 0.00450 e. The maximum absolute atomic E-state index is 4.90. The van der Waals surface area contributed by atoms with Crippen LogP contribution in [0, 0.1) is 17.8 Å². The number of hydrogen-bond acceptors (Lipinski definition) is 1.